The molecule has 0 saturated heterocycles. The monoisotopic (exact) mass is 402 g/mol. The first-order valence-corrected chi connectivity index (χ1v) is 9.67. The van der Waals surface area contributed by atoms with E-state index in [9.17, 15) is 4.79 Å². The van der Waals surface area contributed by atoms with Crippen molar-refractivity contribution in [3.8, 4) is 5.75 Å². The van der Waals surface area contributed by atoms with E-state index in [0.29, 0.717) is 21.7 Å². The van der Waals surface area contributed by atoms with E-state index in [1.807, 2.05) is 44.2 Å². The number of aromatic amines is 1. The number of aromatic nitrogens is 3. The van der Waals surface area contributed by atoms with Crippen molar-refractivity contribution in [2.45, 2.75) is 25.6 Å². The lowest BCUT2D eigenvalue weighted by Crippen LogP contribution is -2.15. The molecular weight excluding hydrogens is 384 g/mol. The average molecular weight is 403 g/mol. The van der Waals surface area contributed by atoms with E-state index in [-0.39, 0.29) is 18.3 Å². The Morgan fingerprint density at radius 3 is 2.85 bits per heavy atom. The van der Waals surface area contributed by atoms with E-state index < -0.39 is 0 Å². The Labute approximate surface area is 166 Å². The summed E-state index contributed by atoms with van der Waals surface area (Å²) in [5.41, 5.74) is 2.60. The highest BCUT2D eigenvalue weighted by Crippen LogP contribution is 2.23. The second kappa shape index (κ2) is 8.92. The van der Waals surface area contributed by atoms with Crippen molar-refractivity contribution in [3.05, 3.63) is 64.4 Å². The van der Waals surface area contributed by atoms with Gasteiger partial charge in [0, 0.05) is 10.7 Å². The summed E-state index contributed by atoms with van der Waals surface area (Å²) in [4.78, 5) is 16.5. The second-order valence-corrected chi connectivity index (χ2v) is 7.22. The number of anilines is 1. The predicted molar refractivity (Wildman–Crippen MR) is 107 cm³/mol. The van der Waals surface area contributed by atoms with Crippen molar-refractivity contribution >= 4 is 35.0 Å². The average Bonchev–Trinajstić information content (AvgIpc) is 3.11. The normalized spacial score (nSPS) is 10.6. The highest BCUT2D eigenvalue weighted by atomic mass is 35.5. The number of hydrogen-bond acceptors (Lipinski definition) is 5. The standard InChI is InChI=1S/C19H19ClN4O2S/c1-12-6-3-4-9-16(12)26-10-17-22-19(24-23-17)27-11-18(25)21-15-8-5-7-14(20)13(15)2/h3-9H,10-11H2,1-2H3,(H,21,25)(H,22,23,24). The molecule has 3 rings (SSSR count). The number of carbonyl (C=O) groups is 1. The number of rotatable bonds is 7. The van der Waals surface area contributed by atoms with Gasteiger partial charge in [0.25, 0.3) is 0 Å². The molecule has 1 amide bonds. The third-order valence-corrected chi connectivity index (χ3v) is 5.10. The summed E-state index contributed by atoms with van der Waals surface area (Å²) in [7, 11) is 0. The van der Waals surface area contributed by atoms with Crippen molar-refractivity contribution in [1.82, 2.24) is 15.2 Å². The Morgan fingerprint density at radius 2 is 2.04 bits per heavy atom. The summed E-state index contributed by atoms with van der Waals surface area (Å²) >= 11 is 7.31. The lowest BCUT2D eigenvalue weighted by Gasteiger charge is -2.08. The van der Waals surface area contributed by atoms with Gasteiger partial charge in [0.05, 0.1) is 5.75 Å². The Kier molecular flexibility index (Phi) is 6.36. The number of halogens is 1. The zero-order valence-electron chi connectivity index (χ0n) is 15.0. The number of aryl methyl sites for hydroxylation is 1. The first-order valence-electron chi connectivity index (χ1n) is 8.30. The summed E-state index contributed by atoms with van der Waals surface area (Å²) in [6.45, 7) is 4.13. The topological polar surface area (TPSA) is 79.9 Å². The van der Waals surface area contributed by atoms with E-state index in [1.165, 1.54) is 11.8 Å². The minimum atomic E-state index is -0.145. The summed E-state index contributed by atoms with van der Waals surface area (Å²) in [6.07, 6.45) is 0. The zero-order valence-corrected chi connectivity index (χ0v) is 16.5. The minimum Gasteiger partial charge on any atom is -0.485 e. The SMILES string of the molecule is Cc1ccccc1OCc1nc(SCC(=O)Nc2cccc(Cl)c2C)n[nH]1. The molecule has 0 aliphatic heterocycles. The Bertz CT molecular complexity index is 945. The molecule has 1 aromatic heterocycles. The number of hydrogen-bond donors (Lipinski definition) is 2. The van der Waals surface area contributed by atoms with Gasteiger partial charge >= 0.3 is 0 Å². The van der Waals surface area contributed by atoms with Gasteiger partial charge < -0.3 is 10.1 Å². The molecule has 0 fully saturated rings. The first kappa shape index (κ1) is 19.3. The van der Waals surface area contributed by atoms with Gasteiger partial charge in [-0.05, 0) is 43.2 Å². The molecule has 3 aromatic rings. The second-order valence-electron chi connectivity index (χ2n) is 5.87. The quantitative estimate of drug-likeness (QED) is 0.573. The van der Waals surface area contributed by atoms with Gasteiger partial charge in [0.15, 0.2) is 5.82 Å². The van der Waals surface area contributed by atoms with Crippen LogP contribution in [-0.4, -0.2) is 26.8 Å². The number of amides is 1. The number of para-hydroxylation sites is 1. The molecule has 0 saturated carbocycles. The number of nitrogens with one attached hydrogen (secondary N) is 2. The molecule has 0 atom stereocenters. The fourth-order valence-corrected chi connectivity index (χ4v) is 3.12. The molecule has 0 aliphatic carbocycles. The van der Waals surface area contributed by atoms with Gasteiger partial charge in [-0.1, -0.05) is 47.6 Å². The maximum atomic E-state index is 12.1. The lowest BCUT2D eigenvalue weighted by atomic mass is 10.2. The van der Waals surface area contributed by atoms with Gasteiger partial charge in [0.1, 0.15) is 12.4 Å². The Hall–Kier alpha value is -2.51. The molecule has 0 aliphatic rings. The van der Waals surface area contributed by atoms with Gasteiger partial charge in [-0.15, -0.1) is 5.10 Å². The Morgan fingerprint density at radius 1 is 1.22 bits per heavy atom. The predicted octanol–water partition coefficient (Wildman–Crippen LogP) is 4.38. The number of thioether (sulfide) groups is 1. The lowest BCUT2D eigenvalue weighted by molar-refractivity contribution is -0.113. The largest absolute Gasteiger partial charge is 0.485 e. The van der Waals surface area contributed by atoms with Gasteiger partial charge in [-0.3, -0.25) is 9.89 Å². The van der Waals surface area contributed by atoms with Crippen LogP contribution in [0.1, 0.15) is 17.0 Å². The molecule has 6 nitrogen and oxygen atoms in total. The Balaban J connectivity index is 1.50. The number of carbonyl (C=O) groups excluding carboxylic acids is 1. The van der Waals surface area contributed by atoms with Crippen LogP contribution in [0.2, 0.25) is 5.02 Å². The molecule has 8 heteroatoms. The molecule has 140 valence electrons. The zero-order chi connectivity index (χ0) is 19.2. The summed E-state index contributed by atoms with van der Waals surface area (Å²) < 4.78 is 5.73. The van der Waals surface area contributed by atoms with Crippen molar-refractivity contribution in [2.75, 3.05) is 11.1 Å². The third-order valence-electron chi connectivity index (χ3n) is 3.84. The summed E-state index contributed by atoms with van der Waals surface area (Å²) in [5.74, 6) is 1.46. The van der Waals surface area contributed by atoms with E-state index in [1.54, 1.807) is 12.1 Å². The third kappa shape index (κ3) is 5.24. The maximum Gasteiger partial charge on any atom is 0.234 e. The van der Waals surface area contributed by atoms with Gasteiger partial charge in [-0.25, -0.2) is 4.98 Å². The van der Waals surface area contributed by atoms with Gasteiger partial charge in [-0.2, -0.15) is 0 Å². The van der Waals surface area contributed by atoms with Crippen LogP contribution in [-0.2, 0) is 11.4 Å². The van der Waals surface area contributed by atoms with Crippen LogP contribution in [0.25, 0.3) is 0 Å². The van der Waals surface area contributed by atoms with E-state index >= 15 is 0 Å². The number of ether oxygens (including phenoxy) is 1. The van der Waals surface area contributed by atoms with Gasteiger partial charge in [0.2, 0.25) is 11.1 Å². The van der Waals surface area contributed by atoms with Crippen LogP contribution < -0.4 is 10.1 Å². The van der Waals surface area contributed by atoms with Crippen LogP contribution in [0.5, 0.6) is 5.75 Å². The highest BCUT2D eigenvalue weighted by Gasteiger charge is 2.10. The van der Waals surface area contributed by atoms with E-state index in [4.69, 9.17) is 16.3 Å². The van der Waals surface area contributed by atoms with E-state index in [2.05, 4.69) is 20.5 Å². The number of H-pyrrole nitrogens is 1. The smallest absolute Gasteiger partial charge is 0.234 e. The van der Waals surface area contributed by atoms with Crippen LogP contribution in [0, 0.1) is 13.8 Å². The van der Waals surface area contributed by atoms with Crippen LogP contribution in [0.15, 0.2) is 47.6 Å². The van der Waals surface area contributed by atoms with Crippen molar-refractivity contribution in [2.24, 2.45) is 0 Å². The number of nitrogens with zero attached hydrogens (tertiary/aromatic N) is 2. The molecule has 0 bridgehead atoms. The van der Waals surface area contributed by atoms with Crippen LogP contribution >= 0.6 is 23.4 Å². The van der Waals surface area contributed by atoms with Crippen LogP contribution in [0.3, 0.4) is 0 Å². The first-order chi connectivity index (χ1) is 13.0. The van der Waals surface area contributed by atoms with E-state index in [0.717, 1.165) is 16.9 Å². The highest BCUT2D eigenvalue weighted by molar-refractivity contribution is 7.99. The fraction of sp³-hybridized carbons (Fsp3) is 0.211. The minimum absolute atomic E-state index is 0.145. The van der Waals surface area contributed by atoms with Crippen LogP contribution in [0.4, 0.5) is 5.69 Å². The molecule has 0 spiro atoms. The molecule has 27 heavy (non-hydrogen) atoms. The van der Waals surface area contributed by atoms with Crippen molar-refractivity contribution < 1.29 is 9.53 Å². The molecular formula is C19H19ClN4O2S. The molecule has 1 heterocycles. The summed E-state index contributed by atoms with van der Waals surface area (Å²) in [6, 6.07) is 13.2. The van der Waals surface area contributed by atoms with Crippen molar-refractivity contribution in [1.29, 1.82) is 0 Å². The molecule has 0 radical (unpaired) electrons. The molecule has 2 aromatic carbocycles. The van der Waals surface area contributed by atoms with Crippen molar-refractivity contribution in [3.63, 3.8) is 0 Å². The number of benzene rings is 2. The fourth-order valence-electron chi connectivity index (χ4n) is 2.33. The molecule has 0 unspecified atom stereocenters. The maximum absolute atomic E-state index is 12.1. The summed E-state index contributed by atoms with van der Waals surface area (Å²) in [5, 5.41) is 10.9. The molecule has 2 N–H and O–H groups in total.